The topological polar surface area (TPSA) is 30.7 Å². The molecule has 3 nitrogen and oxygen atoms in total. The molecule has 112 valence electrons. The second-order valence-electron chi connectivity index (χ2n) is 4.97. The van der Waals surface area contributed by atoms with E-state index in [1.165, 1.54) is 0 Å². The lowest BCUT2D eigenvalue weighted by molar-refractivity contribution is 0.251. The van der Waals surface area contributed by atoms with Crippen LogP contribution in [0.1, 0.15) is 31.7 Å². The molecule has 1 aromatic carbocycles. The molecule has 1 aliphatic rings. The van der Waals surface area contributed by atoms with Crippen LogP contribution in [0, 0.1) is 0 Å². The average molecular weight is 330 g/mol. The summed E-state index contributed by atoms with van der Waals surface area (Å²) in [7, 11) is 0. The lowest BCUT2D eigenvalue weighted by Crippen LogP contribution is -2.09. The monoisotopic (exact) mass is 329 g/mol. The molecule has 21 heavy (non-hydrogen) atoms. The van der Waals surface area contributed by atoms with Crippen LogP contribution in [0.15, 0.2) is 29.4 Å². The van der Waals surface area contributed by atoms with E-state index >= 15 is 0 Å². The number of rotatable bonds is 4. The van der Waals surface area contributed by atoms with Crippen molar-refractivity contribution in [3.63, 3.8) is 0 Å². The highest BCUT2D eigenvalue weighted by atomic mass is 35.5. The number of hydrogen-bond acceptors (Lipinski definition) is 3. The second-order valence-corrected chi connectivity index (χ2v) is 6.34. The lowest BCUT2D eigenvalue weighted by atomic mass is 10.2. The number of halogens is 3. The normalized spacial score (nSPS) is 16.0. The van der Waals surface area contributed by atoms with Crippen molar-refractivity contribution in [2.75, 3.05) is 0 Å². The molecule has 3 rings (SSSR count). The van der Waals surface area contributed by atoms with Gasteiger partial charge in [-0.15, -0.1) is 10.2 Å². The Labute approximate surface area is 130 Å². The minimum absolute atomic E-state index is 0.174. The Kier molecular flexibility index (Phi) is 4.45. The van der Waals surface area contributed by atoms with Crippen molar-refractivity contribution in [3.05, 3.63) is 29.3 Å². The predicted octanol–water partition coefficient (Wildman–Crippen LogP) is 5.03. The smallest absolute Gasteiger partial charge is 0.291 e. The number of thioether (sulfide) groups is 1. The standard InChI is InChI=1S/C14H14ClF2N3S/c15-11-8-4-3-7-10(11)12-18-19-14(21-13(16)17)20(12)9-5-1-2-6-9/h3-4,7-9,13H,1-2,5-6H2. The number of alkyl halides is 2. The van der Waals surface area contributed by atoms with Gasteiger partial charge < -0.3 is 0 Å². The molecule has 0 radical (unpaired) electrons. The van der Waals surface area contributed by atoms with E-state index in [4.69, 9.17) is 11.6 Å². The van der Waals surface area contributed by atoms with Crippen molar-refractivity contribution in [2.45, 2.75) is 42.6 Å². The van der Waals surface area contributed by atoms with Crippen LogP contribution in [0.5, 0.6) is 0 Å². The molecule has 0 N–H and O–H groups in total. The molecule has 1 aromatic heterocycles. The molecule has 0 unspecified atom stereocenters. The maximum atomic E-state index is 12.7. The molecule has 1 fully saturated rings. The van der Waals surface area contributed by atoms with E-state index in [0.29, 0.717) is 22.6 Å². The van der Waals surface area contributed by atoms with Gasteiger partial charge in [0.1, 0.15) is 0 Å². The number of hydrogen-bond donors (Lipinski definition) is 0. The number of benzene rings is 1. The Morgan fingerprint density at radius 3 is 2.57 bits per heavy atom. The van der Waals surface area contributed by atoms with Gasteiger partial charge in [0.2, 0.25) is 0 Å². The predicted molar refractivity (Wildman–Crippen MR) is 79.8 cm³/mol. The van der Waals surface area contributed by atoms with Crippen LogP contribution in [0.2, 0.25) is 5.02 Å². The minimum atomic E-state index is -2.51. The molecular formula is C14H14ClF2N3S. The summed E-state index contributed by atoms with van der Waals surface area (Å²) in [6, 6.07) is 7.47. The van der Waals surface area contributed by atoms with Gasteiger partial charge in [-0.2, -0.15) is 8.78 Å². The van der Waals surface area contributed by atoms with Crippen molar-refractivity contribution in [3.8, 4) is 11.4 Å². The van der Waals surface area contributed by atoms with Crippen LogP contribution in [0.4, 0.5) is 8.78 Å². The van der Waals surface area contributed by atoms with Crippen molar-refractivity contribution in [1.29, 1.82) is 0 Å². The van der Waals surface area contributed by atoms with E-state index in [2.05, 4.69) is 10.2 Å². The maximum absolute atomic E-state index is 12.7. The zero-order valence-electron chi connectivity index (χ0n) is 11.2. The molecule has 0 amide bonds. The summed E-state index contributed by atoms with van der Waals surface area (Å²) in [5, 5.41) is 8.90. The van der Waals surface area contributed by atoms with Crippen LogP contribution in [0.3, 0.4) is 0 Å². The van der Waals surface area contributed by atoms with Crippen LogP contribution in [0.25, 0.3) is 11.4 Å². The molecule has 0 aliphatic heterocycles. The Balaban J connectivity index is 2.07. The van der Waals surface area contributed by atoms with Crippen molar-refractivity contribution < 1.29 is 8.78 Å². The second kappa shape index (κ2) is 6.32. The summed E-state index contributed by atoms with van der Waals surface area (Å²) in [6.45, 7) is 0. The zero-order chi connectivity index (χ0) is 14.8. The summed E-state index contributed by atoms with van der Waals surface area (Å²) in [5.74, 6) is -1.93. The first kappa shape index (κ1) is 14.8. The Morgan fingerprint density at radius 1 is 1.19 bits per heavy atom. The Morgan fingerprint density at radius 2 is 1.90 bits per heavy atom. The van der Waals surface area contributed by atoms with Gasteiger partial charge in [0.05, 0.1) is 5.02 Å². The van der Waals surface area contributed by atoms with E-state index in [-0.39, 0.29) is 11.2 Å². The van der Waals surface area contributed by atoms with E-state index in [1.54, 1.807) is 6.07 Å². The van der Waals surface area contributed by atoms with Crippen LogP contribution < -0.4 is 0 Å². The minimum Gasteiger partial charge on any atom is -0.299 e. The van der Waals surface area contributed by atoms with Crippen molar-refractivity contribution in [1.82, 2.24) is 14.8 Å². The van der Waals surface area contributed by atoms with Gasteiger partial charge in [-0.3, -0.25) is 4.57 Å². The van der Waals surface area contributed by atoms with Gasteiger partial charge in [0.15, 0.2) is 11.0 Å². The highest BCUT2D eigenvalue weighted by Crippen LogP contribution is 2.39. The highest BCUT2D eigenvalue weighted by molar-refractivity contribution is 7.99. The summed E-state index contributed by atoms with van der Waals surface area (Å²) < 4.78 is 27.3. The molecular weight excluding hydrogens is 316 g/mol. The van der Waals surface area contributed by atoms with Gasteiger partial charge in [0.25, 0.3) is 5.76 Å². The van der Waals surface area contributed by atoms with Crippen LogP contribution in [-0.4, -0.2) is 20.5 Å². The molecule has 0 bridgehead atoms. The molecule has 0 saturated heterocycles. The van der Waals surface area contributed by atoms with Gasteiger partial charge in [-0.1, -0.05) is 36.6 Å². The first-order chi connectivity index (χ1) is 10.2. The largest absolute Gasteiger partial charge is 0.299 e. The number of nitrogens with zero attached hydrogens (tertiary/aromatic N) is 3. The molecule has 7 heteroatoms. The third kappa shape index (κ3) is 3.06. The fourth-order valence-corrected chi connectivity index (χ4v) is 3.57. The fourth-order valence-electron chi connectivity index (χ4n) is 2.75. The summed E-state index contributed by atoms with van der Waals surface area (Å²) >= 11 is 6.66. The van der Waals surface area contributed by atoms with Crippen molar-refractivity contribution >= 4 is 23.4 Å². The third-order valence-corrected chi connectivity index (χ3v) is 4.66. The van der Waals surface area contributed by atoms with Gasteiger partial charge in [-0.25, -0.2) is 0 Å². The summed E-state index contributed by atoms with van der Waals surface area (Å²) in [4.78, 5) is 0. The first-order valence-corrected chi connectivity index (χ1v) is 8.07. The molecule has 0 atom stereocenters. The lowest BCUT2D eigenvalue weighted by Gasteiger charge is -2.17. The Hall–Kier alpha value is -1.14. The van der Waals surface area contributed by atoms with Gasteiger partial charge in [-0.05, 0) is 36.7 Å². The highest BCUT2D eigenvalue weighted by Gasteiger charge is 2.27. The van der Waals surface area contributed by atoms with Crippen molar-refractivity contribution in [2.24, 2.45) is 0 Å². The van der Waals surface area contributed by atoms with Crippen LogP contribution >= 0.6 is 23.4 Å². The fraction of sp³-hybridized carbons (Fsp3) is 0.429. The number of aromatic nitrogens is 3. The first-order valence-electron chi connectivity index (χ1n) is 6.81. The van der Waals surface area contributed by atoms with E-state index in [1.807, 2.05) is 22.8 Å². The summed E-state index contributed by atoms with van der Waals surface area (Å²) in [6.07, 6.45) is 4.13. The third-order valence-electron chi connectivity index (χ3n) is 3.66. The zero-order valence-corrected chi connectivity index (χ0v) is 12.7. The Bertz CT molecular complexity index is 626. The van der Waals surface area contributed by atoms with Crippen LogP contribution in [-0.2, 0) is 0 Å². The summed E-state index contributed by atoms with van der Waals surface area (Å²) in [5.41, 5.74) is 0.736. The van der Waals surface area contributed by atoms with Gasteiger partial charge >= 0.3 is 0 Å². The SMILES string of the molecule is FC(F)Sc1nnc(-c2ccccc2Cl)n1C1CCCC1. The molecule has 0 spiro atoms. The maximum Gasteiger partial charge on any atom is 0.291 e. The molecule has 2 aromatic rings. The van der Waals surface area contributed by atoms with E-state index in [0.717, 1.165) is 31.2 Å². The molecule has 1 aliphatic carbocycles. The van der Waals surface area contributed by atoms with E-state index in [9.17, 15) is 8.78 Å². The molecule has 1 saturated carbocycles. The van der Waals surface area contributed by atoms with E-state index < -0.39 is 5.76 Å². The molecule has 1 heterocycles. The quantitative estimate of drug-likeness (QED) is 0.737. The average Bonchev–Trinajstić information content (AvgIpc) is 3.07. The van der Waals surface area contributed by atoms with Gasteiger partial charge in [0, 0.05) is 11.6 Å².